The molecule has 0 unspecified atom stereocenters. The normalized spacial score (nSPS) is 10.5. The molecule has 0 aliphatic rings. The van der Waals surface area contributed by atoms with Crippen molar-refractivity contribution in [3.63, 3.8) is 0 Å². The molecule has 0 amide bonds. The number of carbonyl (C=O) groups is 2. The molecule has 0 spiro atoms. The van der Waals surface area contributed by atoms with E-state index >= 15 is 0 Å². The Kier molecular flexibility index (Phi) is 5.84. The van der Waals surface area contributed by atoms with Crippen LogP contribution >= 0.6 is 0 Å². The quantitative estimate of drug-likeness (QED) is 0.345. The van der Waals surface area contributed by atoms with Gasteiger partial charge in [-0.05, 0) is 32.0 Å². The van der Waals surface area contributed by atoms with Gasteiger partial charge in [-0.2, -0.15) is 0 Å². The highest BCUT2D eigenvalue weighted by atomic mass is 16.7. The van der Waals surface area contributed by atoms with Gasteiger partial charge in [-0.1, -0.05) is 24.3 Å². The van der Waals surface area contributed by atoms with E-state index in [0.717, 1.165) is 0 Å². The van der Waals surface area contributed by atoms with Gasteiger partial charge >= 0.3 is 12.3 Å². The SMILES string of the molecule is CCOC(=O)Oc1c2ccccc2c(OC(=O)OCC)c2cc(OC)ccc12. The third kappa shape index (κ3) is 3.78. The second-order valence-corrected chi connectivity index (χ2v) is 5.69. The van der Waals surface area contributed by atoms with Crippen molar-refractivity contribution in [1.82, 2.24) is 0 Å². The molecule has 7 nitrogen and oxygen atoms in total. The molecule has 0 aliphatic heterocycles. The highest BCUT2D eigenvalue weighted by molar-refractivity contribution is 6.12. The minimum absolute atomic E-state index is 0.183. The highest BCUT2D eigenvalue weighted by Crippen LogP contribution is 2.44. The first kappa shape index (κ1) is 19.3. The summed E-state index contributed by atoms with van der Waals surface area (Å²) in [5.41, 5.74) is 0. The van der Waals surface area contributed by atoms with Crippen molar-refractivity contribution in [1.29, 1.82) is 0 Å². The lowest BCUT2D eigenvalue weighted by molar-refractivity contribution is 0.103. The van der Waals surface area contributed by atoms with E-state index < -0.39 is 12.3 Å². The minimum Gasteiger partial charge on any atom is -0.497 e. The monoisotopic (exact) mass is 384 g/mol. The maximum Gasteiger partial charge on any atom is 0.513 e. The minimum atomic E-state index is -0.823. The molecule has 0 atom stereocenters. The molecule has 0 heterocycles. The molecule has 3 rings (SSSR count). The lowest BCUT2D eigenvalue weighted by Gasteiger charge is -2.16. The highest BCUT2D eigenvalue weighted by Gasteiger charge is 2.21. The van der Waals surface area contributed by atoms with Crippen LogP contribution in [0.3, 0.4) is 0 Å². The number of carbonyl (C=O) groups excluding carboxylic acids is 2. The fourth-order valence-electron chi connectivity index (χ4n) is 2.89. The lowest BCUT2D eigenvalue weighted by Crippen LogP contribution is -2.12. The zero-order valence-electron chi connectivity index (χ0n) is 15.8. The van der Waals surface area contributed by atoms with E-state index in [2.05, 4.69) is 0 Å². The van der Waals surface area contributed by atoms with Gasteiger partial charge in [-0.3, -0.25) is 0 Å². The van der Waals surface area contributed by atoms with E-state index in [4.69, 9.17) is 23.7 Å². The van der Waals surface area contributed by atoms with Gasteiger partial charge in [-0.25, -0.2) is 9.59 Å². The molecule has 0 aromatic heterocycles. The second-order valence-electron chi connectivity index (χ2n) is 5.69. The van der Waals surface area contributed by atoms with E-state index in [9.17, 15) is 9.59 Å². The number of benzene rings is 3. The summed E-state index contributed by atoms with van der Waals surface area (Å²) in [7, 11) is 1.53. The van der Waals surface area contributed by atoms with Crippen molar-refractivity contribution in [2.24, 2.45) is 0 Å². The van der Waals surface area contributed by atoms with Crippen molar-refractivity contribution in [3.05, 3.63) is 42.5 Å². The Balaban J connectivity index is 2.30. The first-order chi connectivity index (χ1) is 13.6. The maximum absolute atomic E-state index is 12.0. The largest absolute Gasteiger partial charge is 0.513 e. The molecule has 0 aliphatic carbocycles. The van der Waals surface area contributed by atoms with Crippen molar-refractivity contribution < 1.29 is 33.3 Å². The first-order valence-corrected chi connectivity index (χ1v) is 8.80. The summed E-state index contributed by atoms with van der Waals surface area (Å²) in [4.78, 5) is 24.0. The van der Waals surface area contributed by atoms with Crippen molar-refractivity contribution in [3.8, 4) is 17.2 Å². The van der Waals surface area contributed by atoms with E-state index in [1.807, 2.05) is 0 Å². The van der Waals surface area contributed by atoms with E-state index in [1.165, 1.54) is 7.11 Å². The van der Waals surface area contributed by atoms with Gasteiger partial charge < -0.3 is 23.7 Å². The van der Waals surface area contributed by atoms with Gasteiger partial charge in [0.05, 0.1) is 20.3 Å². The summed E-state index contributed by atoms with van der Waals surface area (Å²) in [5.74, 6) is 1.15. The fraction of sp³-hybridized carbons (Fsp3) is 0.238. The van der Waals surface area contributed by atoms with Crippen LogP contribution in [0.1, 0.15) is 13.8 Å². The van der Waals surface area contributed by atoms with Crippen LogP contribution in [-0.2, 0) is 9.47 Å². The molecular weight excluding hydrogens is 364 g/mol. The number of methoxy groups -OCH3 is 1. The molecule has 3 aromatic carbocycles. The zero-order valence-corrected chi connectivity index (χ0v) is 15.8. The Hall–Kier alpha value is -3.48. The molecule has 7 heteroatoms. The smallest absolute Gasteiger partial charge is 0.497 e. The van der Waals surface area contributed by atoms with Crippen LogP contribution in [0.2, 0.25) is 0 Å². The molecular formula is C21H20O7. The molecule has 0 fully saturated rings. The third-order valence-corrected chi connectivity index (χ3v) is 4.03. The lowest BCUT2D eigenvalue weighted by atomic mass is 10.0. The predicted octanol–water partition coefficient (Wildman–Crippen LogP) is 5.07. The Morgan fingerprint density at radius 1 is 0.750 bits per heavy atom. The van der Waals surface area contributed by atoms with Crippen molar-refractivity contribution in [2.75, 3.05) is 20.3 Å². The Labute approximate surface area is 161 Å². The Bertz CT molecular complexity index is 1030. The standard InChI is InChI=1S/C21H20O7/c1-4-25-20(22)27-18-14-8-6-7-9-15(14)19(28-21(23)26-5-2)17-12-13(24-3)10-11-16(17)18/h6-12H,4-5H2,1-3H3. The van der Waals surface area contributed by atoms with Gasteiger partial charge in [0.1, 0.15) is 11.5 Å². The molecule has 3 aromatic rings. The van der Waals surface area contributed by atoms with Gasteiger partial charge in [-0.15, -0.1) is 0 Å². The van der Waals surface area contributed by atoms with Crippen LogP contribution in [0.4, 0.5) is 9.59 Å². The van der Waals surface area contributed by atoms with Gasteiger partial charge in [0.25, 0.3) is 0 Å². The van der Waals surface area contributed by atoms with Crippen LogP contribution in [0, 0.1) is 0 Å². The topological polar surface area (TPSA) is 80.3 Å². The van der Waals surface area contributed by atoms with Crippen molar-refractivity contribution in [2.45, 2.75) is 13.8 Å². The summed E-state index contributed by atoms with van der Waals surface area (Å²) in [6.07, 6.45) is -1.64. The maximum atomic E-state index is 12.0. The number of hydrogen-bond donors (Lipinski definition) is 0. The van der Waals surface area contributed by atoms with E-state index in [1.54, 1.807) is 56.3 Å². The Morgan fingerprint density at radius 3 is 1.75 bits per heavy atom. The molecule has 0 saturated carbocycles. The van der Waals surface area contributed by atoms with E-state index in [0.29, 0.717) is 38.8 Å². The average Bonchev–Trinajstić information content (AvgIpc) is 2.70. The zero-order chi connectivity index (χ0) is 20.1. The van der Waals surface area contributed by atoms with Gasteiger partial charge in [0, 0.05) is 21.5 Å². The molecule has 28 heavy (non-hydrogen) atoms. The molecule has 0 N–H and O–H groups in total. The number of ether oxygens (including phenoxy) is 5. The summed E-state index contributed by atoms with van der Waals surface area (Å²) in [5, 5.41) is 2.26. The molecule has 0 radical (unpaired) electrons. The number of hydrogen-bond acceptors (Lipinski definition) is 7. The van der Waals surface area contributed by atoms with Gasteiger partial charge in [0.2, 0.25) is 0 Å². The first-order valence-electron chi connectivity index (χ1n) is 8.80. The molecule has 0 saturated heterocycles. The fourth-order valence-corrected chi connectivity index (χ4v) is 2.89. The number of rotatable bonds is 5. The van der Waals surface area contributed by atoms with Gasteiger partial charge in [0.15, 0.2) is 5.75 Å². The average molecular weight is 384 g/mol. The van der Waals surface area contributed by atoms with Crippen LogP contribution in [0.5, 0.6) is 17.2 Å². The summed E-state index contributed by atoms with van der Waals surface area (Å²) < 4.78 is 26.1. The van der Waals surface area contributed by atoms with Crippen LogP contribution in [0.15, 0.2) is 42.5 Å². The summed E-state index contributed by atoms with van der Waals surface area (Å²) in [6, 6.07) is 12.3. The summed E-state index contributed by atoms with van der Waals surface area (Å²) in [6.45, 7) is 3.75. The van der Waals surface area contributed by atoms with Crippen LogP contribution < -0.4 is 14.2 Å². The molecule has 146 valence electrons. The second kappa shape index (κ2) is 8.47. The van der Waals surface area contributed by atoms with Crippen molar-refractivity contribution >= 4 is 33.9 Å². The molecule has 0 bridgehead atoms. The predicted molar refractivity (Wildman–Crippen MR) is 103 cm³/mol. The Morgan fingerprint density at radius 2 is 1.25 bits per heavy atom. The van der Waals surface area contributed by atoms with E-state index in [-0.39, 0.29) is 13.2 Å². The van der Waals surface area contributed by atoms with Crippen LogP contribution in [0.25, 0.3) is 21.5 Å². The third-order valence-electron chi connectivity index (χ3n) is 4.03. The number of fused-ring (bicyclic) bond motifs is 2. The summed E-state index contributed by atoms with van der Waals surface area (Å²) >= 11 is 0. The van der Waals surface area contributed by atoms with Crippen LogP contribution in [-0.4, -0.2) is 32.6 Å².